The molecule has 6 nitrogen and oxygen atoms in total. The van der Waals surface area contributed by atoms with Gasteiger partial charge < -0.3 is 15.5 Å². The number of benzene rings is 1. The Kier molecular flexibility index (Phi) is 6.25. The van der Waals surface area contributed by atoms with E-state index >= 15 is 0 Å². The molecular formula is C21H25F3N4O2. The van der Waals surface area contributed by atoms with E-state index in [9.17, 15) is 22.8 Å². The molecular weight excluding hydrogens is 397 g/mol. The Morgan fingerprint density at radius 2 is 1.90 bits per heavy atom. The zero-order valence-electron chi connectivity index (χ0n) is 16.8. The Labute approximate surface area is 173 Å². The lowest BCUT2D eigenvalue weighted by Gasteiger charge is -2.36. The van der Waals surface area contributed by atoms with Gasteiger partial charge in [-0.2, -0.15) is 18.4 Å². The van der Waals surface area contributed by atoms with Gasteiger partial charge >= 0.3 is 6.18 Å². The van der Waals surface area contributed by atoms with E-state index in [0.29, 0.717) is 31.7 Å². The molecule has 30 heavy (non-hydrogen) atoms. The maximum Gasteiger partial charge on any atom is 0.417 e. The number of halogens is 3. The van der Waals surface area contributed by atoms with Gasteiger partial charge in [0.15, 0.2) is 0 Å². The van der Waals surface area contributed by atoms with Gasteiger partial charge in [-0.05, 0) is 42.9 Å². The van der Waals surface area contributed by atoms with E-state index in [1.54, 1.807) is 11.0 Å². The fourth-order valence-electron chi connectivity index (χ4n) is 4.68. The topological polar surface area (TPSA) is 90.4 Å². The number of primary amides is 1. The molecule has 0 bridgehead atoms. The van der Waals surface area contributed by atoms with Crippen molar-refractivity contribution in [2.24, 2.45) is 23.5 Å². The van der Waals surface area contributed by atoms with Gasteiger partial charge in [0.1, 0.15) is 0 Å². The summed E-state index contributed by atoms with van der Waals surface area (Å²) in [5.74, 6) is -0.724. The lowest BCUT2D eigenvalue weighted by Crippen LogP contribution is -2.42. The van der Waals surface area contributed by atoms with E-state index in [4.69, 9.17) is 11.0 Å². The average Bonchev–Trinajstić information content (AvgIpc) is 3.18. The molecule has 0 radical (unpaired) electrons. The largest absolute Gasteiger partial charge is 0.417 e. The van der Waals surface area contributed by atoms with Crippen molar-refractivity contribution < 1.29 is 22.8 Å². The van der Waals surface area contributed by atoms with Crippen LogP contribution in [0.1, 0.15) is 37.3 Å². The van der Waals surface area contributed by atoms with Crippen LogP contribution in [0.4, 0.5) is 18.9 Å². The van der Waals surface area contributed by atoms with E-state index in [0.717, 1.165) is 18.9 Å². The van der Waals surface area contributed by atoms with Crippen molar-refractivity contribution in [1.29, 1.82) is 5.26 Å². The van der Waals surface area contributed by atoms with Crippen molar-refractivity contribution in [1.82, 2.24) is 4.90 Å². The zero-order chi connectivity index (χ0) is 22.1. The van der Waals surface area contributed by atoms with Crippen molar-refractivity contribution in [3.8, 4) is 6.07 Å². The number of amides is 2. The first kappa shape index (κ1) is 21.9. The van der Waals surface area contributed by atoms with Crippen LogP contribution in [0.2, 0.25) is 0 Å². The maximum absolute atomic E-state index is 13.3. The van der Waals surface area contributed by atoms with Crippen LogP contribution in [0, 0.1) is 29.1 Å². The van der Waals surface area contributed by atoms with Crippen molar-refractivity contribution >= 4 is 17.5 Å². The van der Waals surface area contributed by atoms with Crippen LogP contribution in [-0.4, -0.2) is 42.9 Å². The highest BCUT2D eigenvalue weighted by atomic mass is 19.4. The predicted molar refractivity (Wildman–Crippen MR) is 104 cm³/mol. The van der Waals surface area contributed by atoms with Gasteiger partial charge in [0.2, 0.25) is 11.8 Å². The lowest BCUT2D eigenvalue weighted by atomic mass is 9.78. The second-order valence-corrected chi connectivity index (χ2v) is 7.99. The number of nitrogens with two attached hydrogens (primary N) is 1. The van der Waals surface area contributed by atoms with E-state index in [2.05, 4.69) is 0 Å². The first-order chi connectivity index (χ1) is 14.2. The Balaban J connectivity index is 1.79. The normalized spacial score (nSPS) is 22.8. The molecule has 162 valence electrons. The Hall–Kier alpha value is -2.76. The number of piperidine rings is 1. The molecule has 2 atom stereocenters. The molecule has 2 aliphatic rings. The third-order valence-electron chi connectivity index (χ3n) is 6.32. The molecule has 0 aromatic heterocycles. The highest BCUT2D eigenvalue weighted by Gasteiger charge is 2.43. The van der Waals surface area contributed by atoms with Crippen molar-refractivity contribution in [3.63, 3.8) is 0 Å². The van der Waals surface area contributed by atoms with Gasteiger partial charge in [-0.15, -0.1) is 0 Å². The van der Waals surface area contributed by atoms with E-state index in [1.807, 2.05) is 11.8 Å². The standard InChI is InChI=1S/C21H25F3N4O2/c1-2-19(29)27-7-5-13(6-8-27)16-11-28(12-17(16)20(26)30)15-4-3-14(10-25)18(9-15)21(22,23)24/h3-4,9,13,16-17H,2,5-8,11-12H2,1H3,(H2,26,30)/t16-,17+/m0/s1. The van der Waals surface area contributed by atoms with E-state index in [-0.39, 0.29) is 24.3 Å². The molecule has 2 N–H and O–H groups in total. The molecule has 0 aliphatic carbocycles. The van der Waals surface area contributed by atoms with E-state index in [1.165, 1.54) is 12.1 Å². The van der Waals surface area contributed by atoms with Crippen LogP contribution < -0.4 is 10.6 Å². The molecule has 0 saturated carbocycles. The molecule has 2 heterocycles. The van der Waals surface area contributed by atoms with Gasteiger partial charge in [0.05, 0.1) is 23.1 Å². The Morgan fingerprint density at radius 1 is 1.23 bits per heavy atom. The maximum atomic E-state index is 13.3. The average molecular weight is 422 g/mol. The van der Waals surface area contributed by atoms with Gasteiger partial charge in [0, 0.05) is 38.3 Å². The summed E-state index contributed by atoms with van der Waals surface area (Å²) in [6, 6.07) is 5.20. The molecule has 3 rings (SSSR count). The number of anilines is 1. The molecule has 0 unspecified atom stereocenters. The quantitative estimate of drug-likeness (QED) is 0.808. The second kappa shape index (κ2) is 8.54. The summed E-state index contributed by atoms with van der Waals surface area (Å²) in [5.41, 5.74) is 4.54. The number of carbonyl (C=O) groups is 2. The SMILES string of the molecule is CCC(=O)N1CCC([C@@H]2CN(c3ccc(C#N)c(C(F)(F)F)c3)C[C@H]2C(N)=O)CC1. The first-order valence-corrected chi connectivity index (χ1v) is 10.1. The summed E-state index contributed by atoms with van der Waals surface area (Å²) in [4.78, 5) is 27.6. The fourth-order valence-corrected chi connectivity index (χ4v) is 4.68. The van der Waals surface area contributed by atoms with Crippen LogP contribution in [0.25, 0.3) is 0 Å². The van der Waals surface area contributed by atoms with Gasteiger partial charge in [-0.1, -0.05) is 6.92 Å². The van der Waals surface area contributed by atoms with Gasteiger partial charge in [-0.3, -0.25) is 9.59 Å². The summed E-state index contributed by atoms with van der Waals surface area (Å²) in [5, 5.41) is 8.99. The number of hydrogen-bond acceptors (Lipinski definition) is 4. The summed E-state index contributed by atoms with van der Waals surface area (Å²) in [6.45, 7) is 3.72. The van der Waals surface area contributed by atoms with Gasteiger partial charge in [0.25, 0.3) is 0 Å². The summed E-state index contributed by atoms with van der Waals surface area (Å²) in [7, 11) is 0. The third-order valence-corrected chi connectivity index (χ3v) is 6.32. The Bertz CT molecular complexity index is 857. The first-order valence-electron chi connectivity index (χ1n) is 10.1. The van der Waals surface area contributed by atoms with Crippen LogP contribution in [-0.2, 0) is 15.8 Å². The summed E-state index contributed by atoms with van der Waals surface area (Å²) >= 11 is 0. The number of alkyl halides is 3. The molecule has 2 saturated heterocycles. The molecule has 2 fully saturated rings. The fraction of sp³-hybridized carbons (Fsp3) is 0.571. The Morgan fingerprint density at radius 3 is 2.43 bits per heavy atom. The van der Waals surface area contributed by atoms with Crippen LogP contribution in [0.5, 0.6) is 0 Å². The summed E-state index contributed by atoms with van der Waals surface area (Å²) < 4.78 is 40.0. The number of rotatable bonds is 4. The number of hydrogen-bond donors (Lipinski definition) is 1. The number of nitriles is 1. The predicted octanol–water partition coefficient (Wildman–Crippen LogP) is 2.76. The van der Waals surface area contributed by atoms with Crippen LogP contribution >= 0.6 is 0 Å². The minimum Gasteiger partial charge on any atom is -0.370 e. The smallest absolute Gasteiger partial charge is 0.370 e. The van der Waals surface area contributed by atoms with Gasteiger partial charge in [-0.25, -0.2) is 0 Å². The highest BCUT2D eigenvalue weighted by molar-refractivity contribution is 5.79. The monoisotopic (exact) mass is 422 g/mol. The molecule has 2 amide bonds. The van der Waals surface area contributed by atoms with Crippen LogP contribution in [0.15, 0.2) is 18.2 Å². The molecule has 9 heteroatoms. The van der Waals surface area contributed by atoms with Crippen LogP contribution in [0.3, 0.4) is 0 Å². The van der Waals surface area contributed by atoms with Crippen molar-refractivity contribution in [2.75, 3.05) is 31.1 Å². The number of nitrogens with zero attached hydrogens (tertiary/aromatic N) is 3. The highest BCUT2D eigenvalue weighted by Crippen LogP contribution is 2.40. The third kappa shape index (κ3) is 4.37. The van der Waals surface area contributed by atoms with Crippen molar-refractivity contribution in [3.05, 3.63) is 29.3 Å². The molecule has 1 aromatic rings. The molecule has 2 aliphatic heterocycles. The second-order valence-electron chi connectivity index (χ2n) is 7.99. The van der Waals surface area contributed by atoms with Crippen molar-refractivity contribution in [2.45, 2.75) is 32.4 Å². The minimum atomic E-state index is -4.64. The lowest BCUT2D eigenvalue weighted by molar-refractivity contribution is -0.137. The summed E-state index contributed by atoms with van der Waals surface area (Å²) in [6.07, 6.45) is -2.70. The van der Waals surface area contributed by atoms with E-state index < -0.39 is 29.1 Å². The molecule has 0 spiro atoms. The molecule has 1 aromatic carbocycles. The number of carbonyl (C=O) groups excluding carboxylic acids is 2. The zero-order valence-corrected chi connectivity index (χ0v) is 16.8. The number of likely N-dealkylation sites (tertiary alicyclic amines) is 1. The minimum absolute atomic E-state index is 0.0774.